The number of anilines is 1. The minimum absolute atomic E-state index is 0.145. The molecule has 0 radical (unpaired) electrons. The van der Waals surface area contributed by atoms with Crippen molar-refractivity contribution in [1.82, 2.24) is 19.8 Å². The molecular weight excluding hydrogens is 485 g/mol. The number of aromatic nitrogens is 2. The van der Waals surface area contributed by atoms with Crippen molar-refractivity contribution in [2.45, 2.75) is 32.4 Å². The molecule has 1 amide bonds. The molecule has 0 saturated carbocycles. The van der Waals surface area contributed by atoms with Gasteiger partial charge in [0.1, 0.15) is 5.82 Å². The van der Waals surface area contributed by atoms with E-state index in [1.807, 2.05) is 35.4 Å². The van der Waals surface area contributed by atoms with Crippen LogP contribution in [0.2, 0.25) is 0 Å². The number of nitrogens with one attached hydrogen (secondary N) is 2. The Balaban J connectivity index is 1.46. The predicted molar refractivity (Wildman–Crippen MR) is 147 cm³/mol. The Morgan fingerprint density at radius 2 is 1.86 bits per heavy atom. The smallest absolute Gasteiger partial charge is 0.226 e. The summed E-state index contributed by atoms with van der Waals surface area (Å²) in [5, 5.41) is 6.65. The molecule has 2 aromatic heterocycles. The van der Waals surface area contributed by atoms with Crippen LogP contribution >= 0.6 is 12.2 Å². The first-order chi connectivity index (χ1) is 17.9. The molecule has 0 bridgehead atoms. The number of thiocarbonyl (C=S) groups is 1. The van der Waals surface area contributed by atoms with Crippen LogP contribution < -0.4 is 10.6 Å². The van der Waals surface area contributed by atoms with Crippen LogP contribution in [-0.4, -0.2) is 32.0 Å². The highest BCUT2D eigenvalue weighted by Crippen LogP contribution is 2.39. The van der Waals surface area contributed by atoms with Gasteiger partial charge in [-0.3, -0.25) is 9.78 Å². The van der Waals surface area contributed by atoms with Crippen LogP contribution in [0, 0.1) is 19.7 Å². The third kappa shape index (κ3) is 5.11. The average Bonchev–Trinajstić information content (AvgIpc) is 3.50. The lowest BCUT2D eigenvalue weighted by molar-refractivity contribution is -0.116. The number of carbonyl (C=O) groups excluding carboxylic acids is 1. The lowest BCUT2D eigenvalue weighted by atomic mass is 10.0. The van der Waals surface area contributed by atoms with Gasteiger partial charge in [0.05, 0.1) is 23.5 Å². The van der Waals surface area contributed by atoms with Gasteiger partial charge in [-0.05, 0) is 85.7 Å². The Morgan fingerprint density at radius 3 is 2.62 bits per heavy atom. The van der Waals surface area contributed by atoms with Gasteiger partial charge in [-0.1, -0.05) is 24.3 Å². The number of hydrogen-bond acceptors (Lipinski definition) is 3. The fraction of sp³-hybridized carbons (Fsp3) is 0.207. The standard InChI is InChI=1S/C29H28FN5OS/c1-19-12-13-21(18-20(19)2)34-16-7-11-25(34)28-27(24-10-5-6-15-31-24)33-29(37)35(28)17-14-26(36)32-23-9-4-3-8-22(23)30/h3-13,15-16,18,27-28H,14,17H2,1-2H3,(H,32,36)(H,33,37)/t27-,28-/m0/s1. The zero-order valence-corrected chi connectivity index (χ0v) is 21.5. The molecule has 0 spiro atoms. The predicted octanol–water partition coefficient (Wildman–Crippen LogP) is 5.63. The first kappa shape index (κ1) is 24.6. The van der Waals surface area contributed by atoms with Crippen molar-refractivity contribution >= 4 is 28.9 Å². The van der Waals surface area contributed by atoms with E-state index in [0.29, 0.717) is 11.7 Å². The van der Waals surface area contributed by atoms with E-state index >= 15 is 0 Å². The number of halogens is 1. The summed E-state index contributed by atoms with van der Waals surface area (Å²) in [6.45, 7) is 4.56. The minimum Gasteiger partial charge on any atom is -0.352 e. The minimum atomic E-state index is -0.464. The van der Waals surface area contributed by atoms with E-state index in [2.05, 4.69) is 58.3 Å². The summed E-state index contributed by atoms with van der Waals surface area (Å²) in [7, 11) is 0. The Kier molecular flexibility index (Phi) is 7.01. The number of amides is 1. The molecule has 37 heavy (non-hydrogen) atoms. The van der Waals surface area contributed by atoms with E-state index in [-0.39, 0.29) is 30.1 Å². The molecule has 8 heteroatoms. The summed E-state index contributed by atoms with van der Waals surface area (Å²) in [5.41, 5.74) is 5.55. The summed E-state index contributed by atoms with van der Waals surface area (Å²) < 4.78 is 16.2. The van der Waals surface area contributed by atoms with E-state index in [9.17, 15) is 9.18 Å². The molecule has 4 aromatic rings. The summed E-state index contributed by atoms with van der Waals surface area (Å²) in [4.78, 5) is 19.4. The highest BCUT2D eigenvalue weighted by Gasteiger charge is 2.41. The van der Waals surface area contributed by atoms with E-state index < -0.39 is 5.82 Å². The number of aryl methyl sites for hydroxylation is 2. The van der Waals surface area contributed by atoms with Gasteiger partial charge in [0, 0.05) is 36.7 Å². The topological polar surface area (TPSA) is 62.2 Å². The first-order valence-corrected chi connectivity index (χ1v) is 12.6. The lowest BCUT2D eigenvalue weighted by Crippen LogP contribution is -2.33. The largest absolute Gasteiger partial charge is 0.352 e. The van der Waals surface area contributed by atoms with E-state index in [4.69, 9.17) is 12.2 Å². The lowest BCUT2D eigenvalue weighted by Gasteiger charge is -2.29. The Hall–Kier alpha value is -4.04. The van der Waals surface area contributed by atoms with Gasteiger partial charge in [-0.15, -0.1) is 0 Å². The molecule has 6 nitrogen and oxygen atoms in total. The van der Waals surface area contributed by atoms with Gasteiger partial charge in [0.15, 0.2) is 5.11 Å². The van der Waals surface area contributed by atoms with Crippen LogP contribution in [0.4, 0.5) is 10.1 Å². The molecule has 2 aromatic carbocycles. The maximum atomic E-state index is 14.0. The molecule has 1 saturated heterocycles. The van der Waals surface area contributed by atoms with Crippen molar-refractivity contribution in [1.29, 1.82) is 0 Å². The summed E-state index contributed by atoms with van der Waals surface area (Å²) >= 11 is 5.75. The fourth-order valence-electron chi connectivity index (χ4n) is 4.71. The van der Waals surface area contributed by atoms with Crippen LogP contribution in [-0.2, 0) is 4.79 Å². The summed E-state index contributed by atoms with van der Waals surface area (Å²) in [6, 6.07) is 22.0. The van der Waals surface area contributed by atoms with E-state index in [1.54, 1.807) is 24.4 Å². The van der Waals surface area contributed by atoms with Crippen LogP contribution in [0.3, 0.4) is 0 Å². The maximum Gasteiger partial charge on any atom is 0.226 e. The van der Waals surface area contributed by atoms with Crippen molar-refractivity contribution in [2.24, 2.45) is 0 Å². The molecule has 188 valence electrons. The van der Waals surface area contributed by atoms with Gasteiger partial charge in [0.2, 0.25) is 5.91 Å². The van der Waals surface area contributed by atoms with Gasteiger partial charge >= 0.3 is 0 Å². The monoisotopic (exact) mass is 513 g/mol. The Labute approximate surface area is 221 Å². The molecule has 1 fully saturated rings. The second-order valence-electron chi connectivity index (χ2n) is 9.17. The summed E-state index contributed by atoms with van der Waals surface area (Å²) in [5.74, 6) is -0.744. The third-order valence-corrected chi connectivity index (χ3v) is 7.13. The second kappa shape index (κ2) is 10.5. The molecule has 1 aliphatic rings. The Bertz CT molecular complexity index is 1440. The third-order valence-electron chi connectivity index (χ3n) is 6.78. The molecule has 0 unspecified atom stereocenters. The molecule has 5 rings (SSSR count). The number of benzene rings is 2. The van der Waals surface area contributed by atoms with Gasteiger partial charge in [0.25, 0.3) is 0 Å². The highest BCUT2D eigenvalue weighted by molar-refractivity contribution is 7.80. The van der Waals surface area contributed by atoms with Gasteiger partial charge in [-0.2, -0.15) is 0 Å². The second-order valence-corrected chi connectivity index (χ2v) is 9.56. The normalized spacial score (nSPS) is 17.1. The molecule has 2 N–H and O–H groups in total. The van der Waals surface area contributed by atoms with Crippen LogP contribution in [0.15, 0.2) is 85.2 Å². The van der Waals surface area contributed by atoms with Crippen LogP contribution in [0.5, 0.6) is 0 Å². The SMILES string of the molecule is Cc1ccc(-n2cccc2[C@H]2[C@H](c3ccccn3)NC(=S)N2CCC(=O)Nc2ccccc2F)cc1C. The molecule has 0 aliphatic carbocycles. The molecular formula is C29H28FN5OS. The van der Waals surface area contributed by atoms with Crippen molar-refractivity contribution in [3.8, 4) is 5.69 Å². The van der Waals surface area contributed by atoms with Crippen LogP contribution in [0.25, 0.3) is 5.69 Å². The number of hydrogen-bond donors (Lipinski definition) is 2. The molecule has 3 heterocycles. The number of rotatable bonds is 7. The van der Waals surface area contributed by atoms with Crippen molar-refractivity contribution in [2.75, 3.05) is 11.9 Å². The first-order valence-electron chi connectivity index (χ1n) is 12.2. The van der Waals surface area contributed by atoms with E-state index in [0.717, 1.165) is 17.1 Å². The van der Waals surface area contributed by atoms with Crippen molar-refractivity contribution < 1.29 is 9.18 Å². The quantitative estimate of drug-likeness (QED) is 0.314. The van der Waals surface area contributed by atoms with Crippen molar-refractivity contribution in [3.63, 3.8) is 0 Å². The number of carbonyl (C=O) groups is 1. The maximum absolute atomic E-state index is 14.0. The van der Waals surface area contributed by atoms with Crippen molar-refractivity contribution in [3.05, 3.63) is 114 Å². The number of para-hydroxylation sites is 1. The van der Waals surface area contributed by atoms with E-state index in [1.165, 1.54) is 17.2 Å². The zero-order chi connectivity index (χ0) is 25.9. The number of pyridine rings is 1. The zero-order valence-electron chi connectivity index (χ0n) is 20.7. The average molecular weight is 514 g/mol. The van der Waals surface area contributed by atoms with Gasteiger partial charge in [-0.25, -0.2) is 4.39 Å². The van der Waals surface area contributed by atoms with Crippen LogP contribution in [0.1, 0.15) is 41.0 Å². The molecule has 1 aliphatic heterocycles. The highest BCUT2D eigenvalue weighted by atomic mass is 32.1. The van der Waals surface area contributed by atoms with Gasteiger partial charge < -0.3 is 20.1 Å². The number of nitrogens with zero attached hydrogens (tertiary/aromatic N) is 3. The Morgan fingerprint density at radius 1 is 1.05 bits per heavy atom. The fourth-order valence-corrected chi connectivity index (χ4v) is 5.04. The molecule has 2 atom stereocenters. The summed E-state index contributed by atoms with van der Waals surface area (Å²) in [6.07, 6.45) is 3.95.